The van der Waals surface area contributed by atoms with E-state index < -0.39 is 0 Å². The van der Waals surface area contributed by atoms with Gasteiger partial charge in [0.15, 0.2) is 0 Å². The van der Waals surface area contributed by atoms with Crippen molar-refractivity contribution in [1.29, 1.82) is 0 Å². The van der Waals surface area contributed by atoms with Crippen molar-refractivity contribution in [2.24, 2.45) is 0 Å². The van der Waals surface area contributed by atoms with Crippen molar-refractivity contribution in [3.8, 4) is 5.75 Å². The van der Waals surface area contributed by atoms with Crippen LogP contribution in [0.2, 0.25) is 0 Å². The van der Waals surface area contributed by atoms with Crippen LogP contribution in [-0.4, -0.2) is 30.6 Å². The van der Waals surface area contributed by atoms with Crippen molar-refractivity contribution >= 4 is 15.9 Å². The largest absolute Gasteiger partial charge is 0.487 e. The highest BCUT2D eigenvalue weighted by Crippen LogP contribution is 2.41. The van der Waals surface area contributed by atoms with Gasteiger partial charge in [0.2, 0.25) is 0 Å². The molecule has 0 unspecified atom stereocenters. The minimum atomic E-state index is 0.0929. The number of rotatable bonds is 0. The van der Waals surface area contributed by atoms with Gasteiger partial charge in [-0.25, -0.2) is 0 Å². The molecule has 3 rings (SSSR count). The third kappa shape index (κ3) is 1.76. The van der Waals surface area contributed by atoms with Crippen LogP contribution in [0.5, 0.6) is 5.75 Å². The highest BCUT2D eigenvalue weighted by Gasteiger charge is 2.41. The topological polar surface area (TPSA) is 12.5 Å². The molecule has 0 aliphatic carbocycles. The van der Waals surface area contributed by atoms with Crippen molar-refractivity contribution < 1.29 is 4.74 Å². The summed E-state index contributed by atoms with van der Waals surface area (Å²) in [6.07, 6.45) is 3.38. The van der Waals surface area contributed by atoms with Crippen LogP contribution in [-0.2, 0) is 6.42 Å². The molecule has 0 amide bonds. The molecule has 0 bridgehead atoms. The van der Waals surface area contributed by atoms with Crippen LogP contribution in [0, 0.1) is 0 Å². The Hall–Kier alpha value is -0.540. The van der Waals surface area contributed by atoms with E-state index in [-0.39, 0.29) is 5.60 Å². The SMILES string of the molecule is CN1CCC2(CC1)Cc1ccc(Br)cc1O2. The number of benzene rings is 1. The lowest BCUT2D eigenvalue weighted by Crippen LogP contribution is -2.45. The van der Waals surface area contributed by atoms with Crippen LogP contribution in [0.25, 0.3) is 0 Å². The predicted molar refractivity (Wildman–Crippen MR) is 67.9 cm³/mol. The molecule has 1 aromatic rings. The lowest BCUT2D eigenvalue weighted by Gasteiger charge is -2.37. The van der Waals surface area contributed by atoms with E-state index in [0.717, 1.165) is 42.6 Å². The lowest BCUT2D eigenvalue weighted by atomic mass is 9.87. The molecule has 86 valence electrons. The molecule has 0 aromatic heterocycles. The van der Waals surface area contributed by atoms with Crippen molar-refractivity contribution in [3.63, 3.8) is 0 Å². The number of nitrogens with zero attached hydrogens (tertiary/aromatic N) is 1. The Kier molecular flexibility index (Phi) is 2.48. The number of hydrogen-bond donors (Lipinski definition) is 0. The number of ether oxygens (including phenoxy) is 1. The zero-order valence-electron chi connectivity index (χ0n) is 9.50. The first-order valence-corrected chi connectivity index (χ1v) is 6.62. The van der Waals surface area contributed by atoms with Crippen molar-refractivity contribution in [2.45, 2.75) is 24.9 Å². The third-order valence-electron chi connectivity index (χ3n) is 3.77. The Labute approximate surface area is 105 Å². The lowest BCUT2D eigenvalue weighted by molar-refractivity contribution is 0.0271. The minimum absolute atomic E-state index is 0.0929. The fraction of sp³-hybridized carbons (Fsp3) is 0.538. The van der Waals surface area contributed by atoms with Gasteiger partial charge >= 0.3 is 0 Å². The molecule has 0 radical (unpaired) electrons. The average molecular weight is 282 g/mol. The van der Waals surface area contributed by atoms with E-state index in [1.807, 2.05) is 0 Å². The predicted octanol–water partition coefficient (Wildman–Crippen LogP) is 2.85. The van der Waals surface area contributed by atoms with Crippen LogP contribution in [0.3, 0.4) is 0 Å². The molecular weight excluding hydrogens is 266 g/mol. The van der Waals surface area contributed by atoms with Crippen LogP contribution < -0.4 is 4.74 Å². The second-order valence-electron chi connectivity index (χ2n) is 5.02. The van der Waals surface area contributed by atoms with Gasteiger partial charge in [-0.1, -0.05) is 22.0 Å². The number of piperidine rings is 1. The number of hydrogen-bond acceptors (Lipinski definition) is 2. The second-order valence-corrected chi connectivity index (χ2v) is 5.93. The Morgan fingerprint density at radius 3 is 2.81 bits per heavy atom. The first kappa shape index (κ1) is 10.6. The maximum atomic E-state index is 6.21. The Bertz CT molecular complexity index is 410. The molecule has 0 saturated carbocycles. The molecule has 1 aromatic carbocycles. The summed E-state index contributed by atoms with van der Waals surface area (Å²) in [6, 6.07) is 6.39. The Balaban J connectivity index is 1.84. The summed E-state index contributed by atoms with van der Waals surface area (Å²) in [5.41, 5.74) is 1.46. The molecule has 1 saturated heterocycles. The second kappa shape index (κ2) is 3.74. The summed E-state index contributed by atoms with van der Waals surface area (Å²) in [5, 5.41) is 0. The maximum Gasteiger partial charge on any atom is 0.124 e. The molecule has 2 aliphatic heterocycles. The summed E-state index contributed by atoms with van der Waals surface area (Å²) < 4.78 is 7.32. The standard InChI is InChI=1S/C13H16BrNO/c1-15-6-4-13(5-7-15)9-10-2-3-11(14)8-12(10)16-13/h2-3,8H,4-7,9H2,1H3. The molecule has 2 heterocycles. The van der Waals surface area contributed by atoms with Gasteiger partial charge in [0.25, 0.3) is 0 Å². The summed E-state index contributed by atoms with van der Waals surface area (Å²) in [6.45, 7) is 2.30. The maximum absolute atomic E-state index is 6.21. The first-order valence-electron chi connectivity index (χ1n) is 5.83. The summed E-state index contributed by atoms with van der Waals surface area (Å²) in [7, 11) is 2.19. The van der Waals surface area contributed by atoms with Crippen LogP contribution >= 0.6 is 15.9 Å². The fourth-order valence-corrected chi connectivity index (χ4v) is 3.03. The van der Waals surface area contributed by atoms with E-state index in [2.05, 4.69) is 46.1 Å². The molecule has 1 spiro atoms. The van der Waals surface area contributed by atoms with Crippen LogP contribution in [0.15, 0.2) is 22.7 Å². The monoisotopic (exact) mass is 281 g/mol. The van der Waals surface area contributed by atoms with Gasteiger partial charge in [-0.3, -0.25) is 0 Å². The summed E-state index contributed by atoms with van der Waals surface area (Å²) in [5.74, 6) is 1.08. The molecule has 3 heteroatoms. The smallest absolute Gasteiger partial charge is 0.124 e. The highest BCUT2D eigenvalue weighted by atomic mass is 79.9. The highest BCUT2D eigenvalue weighted by molar-refractivity contribution is 9.10. The van der Waals surface area contributed by atoms with Crippen molar-refractivity contribution in [3.05, 3.63) is 28.2 Å². The molecule has 16 heavy (non-hydrogen) atoms. The number of halogens is 1. The van der Waals surface area contributed by atoms with Gasteiger partial charge in [-0.15, -0.1) is 0 Å². The molecule has 0 N–H and O–H groups in total. The van der Waals surface area contributed by atoms with E-state index in [4.69, 9.17) is 4.74 Å². The van der Waals surface area contributed by atoms with E-state index in [0.29, 0.717) is 0 Å². The Morgan fingerprint density at radius 2 is 2.06 bits per heavy atom. The zero-order chi connectivity index (χ0) is 11.2. The first-order chi connectivity index (χ1) is 7.67. The number of likely N-dealkylation sites (tertiary alicyclic amines) is 1. The minimum Gasteiger partial charge on any atom is -0.487 e. The van der Waals surface area contributed by atoms with E-state index >= 15 is 0 Å². The fourth-order valence-electron chi connectivity index (χ4n) is 2.69. The van der Waals surface area contributed by atoms with Crippen molar-refractivity contribution in [1.82, 2.24) is 4.90 Å². The van der Waals surface area contributed by atoms with Gasteiger partial charge in [0.1, 0.15) is 11.4 Å². The van der Waals surface area contributed by atoms with E-state index in [1.165, 1.54) is 5.56 Å². The van der Waals surface area contributed by atoms with Gasteiger partial charge in [-0.2, -0.15) is 0 Å². The van der Waals surface area contributed by atoms with E-state index in [9.17, 15) is 0 Å². The number of fused-ring (bicyclic) bond motifs is 1. The van der Waals surface area contributed by atoms with Crippen LogP contribution in [0.1, 0.15) is 18.4 Å². The Morgan fingerprint density at radius 1 is 1.31 bits per heavy atom. The van der Waals surface area contributed by atoms with Gasteiger partial charge < -0.3 is 9.64 Å². The third-order valence-corrected chi connectivity index (χ3v) is 4.26. The molecule has 0 atom stereocenters. The van der Waals surface area contributed by atoms with Gasteiger partial charge in [0, 0.05) is 36.8 Å². The normalized spacial score (nSPS) is 23.1. The van der Waals surface area contributed by atoms with Crippen LogP contribution in [0.4, 0.5) is 0 Å². The van der Waals surface area contributed by atoms with Crippen molar-refractivity contribution in [2.75, 3.05) is 20.1 Å². The molecular formula is C13H16BrNO. The average Bonchev–Trinajstić information content (AvgIpc) is 2.60. The quantitative estimate of drug-likeness (QED) is 0.725. The summed E-state index contributed by atoms with van der Waals surface area (Å²) >= 11 is 3.50. The molecule has 2 aliphatic rings. The van der Waals surface area contributed by atoms with E-state index in [1.54, 1.807) is 0 Å². The summed E-state index contributed by atoms with van der Waals surface area (Å²) in [4.78, 5) is 2.38. The molecule has 1 fully saturated rings. The van der Waals surface area contributed by atoms with Gasteiger partial charge in [-0.05, 0) is 24.7 Å². The zero-order valence-corrected chi connectivity index (χ0v) is 11.1. The molecule has 2 nitrogen and oxygen atoms in total. The van der Waals surface area contributed by atoms with Gasteiger partial charge in [0.05, 0.1) is 0 Å².